The molecule has 3 nitrogen and oxygen atoms in total. The summed E-state index contributed by atoms with van der Waals surface area (Å²) >= 11 is 1.87. The third-order valence-corrected chi connectivity index (χ3v) is 11.4. The van der Waals surface area contributed by atoms with Gasteiger partial charge in [-0.3, -0.25) is 0 Å². The van der Waals surface area contributed by atoms with E-state index in [1.165, 1.54) is 47.2 Å². The molecule has 0 amide bonds. The van der Waals surface area contributed by atoms with Gasteiger partial charge in [-0.15, -0.1) is 11.3 Å². The molecule has 3 heterocycles. The van der Waals surface area contributed by atoms with E-state index in [4.69, 9.17) is 4.42 Å². The topological polar surface area (TPSA) is 21.3 Å². The van der Waals surface area contributed by atoms with Crippen LogP contribution in [-0.4, -0.2) is 4.57 Å². The molecule has 0 N–H and O–H groups in total. The molecule has 11 rings (SSSR count). The van der Waals surface area contributed by atoms with Crippen LogP contribution in [0.1, 0.15) is 0 Å². The van der Waals surface area contributed by atoms with Gasteiger partial charge in [-0.05, 0) is 60.7 Å². The van der Waals surface area contributed by atoms with Gasteiger partial charge in [0.05, 0.1) is 16.7 Å². The Morgan fingerprint density at radius 1 is 0.420 bits per heavy atom. The van der Waals surface area contributed by atoms with Crippen LogP contribution >= 0.6 is 11.3 Å². The maximum atomic E-state index is 6.48. The average molecular weight is 657 g/mol. The second-order valence-corrected chi connectivity index (χ2v) is 14.0. The molecule has 0 atom stereocenters. The molecule has 0 radical (unpaired) electrons. The van der Waals surface area contributed by atoms with Crippen LogP contribution in [0.15, 0.2) is 174 Å². The maximum absolute atomic E-state index is 6.48. The van der Waals surface area contributed by atoms with Gasteiger partial charge in [-0.2, -0.15) is 0 Å². The zero-order valence-electron chi connectivity index (χ0n) is 26.9. The summed E-state index contributed by atoms with van der Waals surface area (Å²) in [6.07, 6.45) is 0. The summed E-state index contributed by atoms with van der Waals surface area (Å²) in [5.74, 6) is 0. The molecule has 0 unspecified atom stereocenters. The number of rotatable bonds is 4. The highest BCUT2D eigenvalue weighted by atomic mass is 32.1. The van der Waals surface area contributed by atoms with E-state index in [2.05, 4.69) is 167 Å². The quantitative estimate of drug-likeness (QED) is 0.188. The van der Waals surface area contributed by atoms with E-state index in [0.29, 0.717) is 0 Å². The molecule has 3 aromatic heterocycles. The fraction of sp³-hybridized carbons (Fsp3) is 0. The van der Waals surface area contributed by atoms with Gasteiger partial charge in [0.1, 0.15) is 11.2 Å². The average Bonchev–Trinajstić information content (AvgIpc) is 3.84. The van der Waals surface area contributed by atoms with E-state index in [1.807, 2.05) is 23.5 Å². The Hall–Kier alpha value is -6.36. The number of aromatic nitrogens is 1. The first kappa shape index (κ1) is 27.6. The highest BCUT2D eigenvalue weighted by Crippen LogP contribution is 2.48. The highest BCUT2D eigenvalue weighted by molar-refractivity contribution is 7.26. The number of hydrogen-bond donors (Lipinski definition) is 0. The van der Waals surface area contributed by atoms with Crippen LogP contribution in [-0.2, 0) is 0 Å². The van der Waals surface area contributed by atoms with Gasteiger partial charge in [0.2, 0.25) is 0 Å². The lowest BCUT2D eigenvalue weighted by Gasteiger charge is -2.27. The van der Waals surface area contributed by atoms with E-state index in [0.717, 1.165) is 50.2 Å². The van der Waals surface area contributed by atoms with E-state index >= 15 is 0 Å². The number of furan rings is 1. The monoisotopic (exact) mass is 656 g/mol. The first-order chi connectivity index (χ1) is 24.8. The first-order valence-corrected chi connectivity index (χ1v) is 17.7. The fourth-order valence-corrected chi connectivity index (χ4v) is 9.17. The number of anilines is 3. The summed E-state index contributed by atoms with van der Waals surface area (Å²) in [4.78, 5) is 2.42. The minimum absolute atomic E-state index is 0.875. The van der Waals surface area contributed by atoms with Crippen LogP contribution in [0.4, 0.5) is 17.1 Å². The van der Waals surface area contributed by atoms with Crippen molar-refractivity contribution in [1.82, 2.24) is 4.57 Å². The second kappa shape index (κ2) is 10.6. The van der Waals surface area contributed by atoms with Gasteiger partial charge in [0.25, 0.3) is 0 Å². The third kappa shape index (κ3) is 3.97. The molecule has 234 valence electrons. The van der Waals surface area contributed by atoms with Crippen molar-refractivity contribution < 1.29 is 4.42 Å². The Labute approximate surface area is 291 Å². The zero-order chi connectivity index (χ0) is 32.8. The van der Waals surface area contributed by atoms with E-state index < -0.39 is 0 Å². The highest BCUT2D eigenvalue weighted by Gasteiger charge is 2.22. The van der Waals surface area contributed by atoms with Crippen LogP contribution < -0.4 is 4.90 Å². The lowest BCUT2D eigenvalue weighted by atomic mass is 10.0. The van der Waals surface area contributed by atoms with Gasteiger partial charge in [0.15, 0.2) is 0 Å². The van der Waals surface area contributed by atoms with Crippen molar-refractivity contribution in [3.05, 3.63) is 170 Å². The predicted molar refractivity (Wildman–Crippen MR) is 213 cm³/mol. The van der Waals surface area contributed by atoms with Crippen molar-refractivity contribution in [2.24, 2.45) is 0 Å². The molecule has 0 spiro atoms. The molecule has 4 heteroatoms. The van der Waals surface area contributed by atoms with Crippen LogP contribution in [0.5, 0.6) is 0 Å². The summed E-state index contributed by atoms with van der Waals surface area (Å²) in [6.45, 7) is 0. The maximum Gasteiger partial charge on any atom is 0.137 e. The smallest absolute Gasteiger partial charge is 0.137 e. The normalized spacial score (nSPS) is 12.0. The molecular formula is C46H28N2OS. The second-order valence-electron chi connectivity index (χ2n) is 12.9. The van der Waals surface area contributed by atoms with Crippen LogP contribution in [0.25, 0.3) is 80.4 Å². The van der Waals surface area contributed by atoms with Crippen molar-refractivity contribution in [2.75, 3.05) is 4.90 Å². The standard InChI is InChI=1S/C46H28N2OS/c1-2-12-29(13-3-1)48-40-19-9-6-14-32(40)34-24-22-30(26-41(34)48)47(31-23-25-36-35-16-7-10-20-43(35)49-44(36)27-31)42-28-39-37-17-8-11-21-45(37)50-46(39)38-18-5-4-15-33(38)42/h1-28H. The van der Waals surface area contributed by atoms with E-state index in [-0.39, 0.29) is 0 Å². The van der Waals surface area contributed by atoms with Crippen molar-refractivity contribution in [3.8, 4) is 5.69 Å². The van der Waals surface area contributed by atoms with Gasteiger partial charge in [-0.1, -0.05) is 103 Å². The largest absolute Gasteiger partial charge is 0.456 e. The lowest BCUT2D eigenvalue weighted by Crippen LogP contribution is -2.10. The Balaban J connectivity index is 1.25. The number of hydrogen-bond acceptors (Lipinski definition) is 3. The molecule has 8 aromatic carbocycles. The van der Waals surface area contributed by atoms with Gasteiger partial charge in [0, 0.05) is 75.6 Å². The molecule has 0 fully saturated rings. The Morgan fingerprint density at radius 2 is 1.04 bits per heavy atom. The van der Waals surface area contributed by atoms with Crippen LogP contribution in [0.2, 0.25) is 0 Å². The molecule has 50 heavy (non-hydrogen) atoms. The van der Waals surface area contributed by atoms with Gasteiger partial charge < -0.3 is 13.9 Å². The Bertz CT molecular complexity index is 3110. The summed E-state index contributed by atoms with van der Waals surface area (Å²) in [6, 6.07) is 61.3. The van der Waals surface area contributed by atoms with Gasteiger partial charge in [-0.25, -0.2) is 0 Å². The molecule has 11 aromatic rings. The molecule has 0 saturated carbocycles. The van der Waals surface area contributed by atoms with Crippen LogP contribution in [0.3, 0.4) is 0 Å². The molecule has 0 aliphatic carbocycles. The summed E-state index contributed by atoms with van der Waals surface area (Å²) in [7, 11) is 0. The van der Waals surface area contributed by atoms with Gasteiger partial charge >= 0.3 is 0 Å². The Morgan fingerprint density at radius 3 is 1.90 bits per heavy atom. The van der Waals surface area contributed by atoms with Crippen molar-refractivity contribution in [2.45, 2.75) is 0 Å². The van der Waals surface area contributed by atoms with Crippen molar-refractivity contribution in [3.63, 3.8) is 0 Å². The number of thiophene rings is 1. The minimum atomic E-state index is 0.875. The first-order valence-electron chi connectivity index (χ1n) is 16.9. The van der Waals surface area contributed by atoms with Crippen molar-refractivity contribution in [1.29, 1.82) is 0 Å². The molecule has 0 aliphatic rings. The summed E-state index contributed by atoms with van der Waals surface area (Å²) < 4.78 is 11.5. The van der Waals surface area contributed by atoms with E-state index in [1.54, 1.807) is 0 Å². The number of fused-ring (bicyclic) bond motifs is 11. The fourth-order valence-electron chi connectivity index (χ4n) is 7.95. The lowest BCUT2D eigenvalue weighted by molar-refractivity contribution is 0.669. The summed E-state index contributed by atoms with van der Waals surface area (Å²) in [5.41, 5.74) is 8.53. The number of para-hydroxylation sites is 3. The molecular weight excluding hydrogens is 629 g/mol. The predicted octanol–water partition coefficient (Wildman–Crippen LogP) is 13.7. The molecule has 0 saturated heterocycles. The SMILES string of the molecule is c1ccc(-n2c3ccccc3c3ccc(N(c4ccc5c(c4)oc4ccccc45)c4cc5c6ccccc6sc5c5ccccc45)cc32)cc1. The summed E-state index contributed by atoms with van der Waals surface area (Å²) in [5, 5.41) is 9.74. The molecule has 0 bridgehead atoms. The third-order valence-electron chi connectivity index (χ3n) is 10.2. The minimum Gasteiger partial charge on any atom is -0.456 e. The number of nitrogens with zero attached hydrogens (tertiary/aromatic N) is 2. The zero-order valence-corrected chi connectivity index (χ0v) is 27.7. The Kier molecular flexibility index (Phi) is 5.83. The van der Waals surface area contributed by atoms with Crippen LogP contribution in [0, 0.1) is 0 Å². The van der Waals surface area contributed by atoms with E-state index in [9.17, 15) is 0 Å². The molecule has 0 aliphatic heterocycles. The van der Waals surface area contributed by atoms with Crippen molar-refractivity contribution >= 4 is 103 Å². The number of benzene rings is 8.